The molecule has 116 valence electrons. The van der Waals surface area contributed by atoms with E-state index in [1.807, 2.05) is 0 Å². The average Bonchev–Trinajstić information content (AvgIpc) is 2.77. The Hall–Kier alpha value is -1.70. The third kappa shape index (κ3) is 3.49. The second kappa shape index (κ2) is 5.59. The number of carboxylic acids is 1. The van der Waals surface area contributed by atoms with Crippen LogP contribution in [-0.4, -0.2) is 35.2 Å². The predicted octanol–water partition coefficient (Wildman–Crippen LogP) is 2.66. The van der Waals surface area contributed by atoms with Gasteiger partial charge in [0.2, 0.25) is 0 Å². The maximum absolute atomic E-state index is 13.5. The highest BCUT2D eigenvalue weighted by Gasteiger charge is 2.52. The SMILES string of the molecule is O=C(O)[C@@H]1CN(Cc2ccc(F)cc2F)C[C@H]1C(F)(F)F. The van der Waals surface area contributed by atoms with E-state index < -0.39 is 42.2 Å². The van der Waals surface area contributed by atoms with Crippen LogP contribution < -0.4 is 0 Å². The summed E-state index contributed by atoms with van der Waals surface area (Å²) in [4.78, 5) is 12.1. The molecule has 0 amide bonds. The normalized spacial score (nSPS) is 23.5. The van der Waals surface area contributed by atoms with Crippen molar-refractivity contribution in [3.63, 3.8) is 0 Å². The molecular formula is C13H12F5NO2. The highest BCUT2D eigenvalue weighted by molar-refractivity contribution is 5.71. The number of carbonyl (C=O) groups is 1. The van der Waals surface area contributed by atoms with Crippen LogP contribution in [0, 0.1) is 23.5 Å². The van der Waals surface area contributed by atoms with Crippen LogP contribution in [0.15, 0.2) is 18.2 Å². The molecule has 1 aliphatic rings. The number of nitrogens with zero attached hydrogens (tertiary/aromatic N) is 1. The molecule has 1 heterocycles. The van der Waals surface area contributed by atoms with Gasteiger partial charge in [0, 0.05) is 31.3 Å². The molecule has 8 heteroatoms. The van der Waals surface area contributed by atoms with Crippen LogP contribution in [-0.2, 0) is 11.3 Å². The Morgan fingerprint density at radius 1 is 1.29 bits per heavy atom. The summed E-state index contributed by atoms with van der Waals surface area (Å²) in [5.74, 6) is -6.74. The van der Waals surface area contributed by atoms with Gasteiger partial charge in [0.05, 0.1) is 11.8 Å². The van der Waals surface area contributed by atoms with Crippen molar-refractivity contribution < 1.29 is 31.9 Å². The van der Waals surface area contributed by atoms with Crippen LogP contribution in [0.3, 0.4) is 0 Å². The summed E-state index contributed by atoms with van der Waals surface area (Å²) in [7, 11) is 0. The summed E-state index contributed by atoms with van der Waals surface area (Å²) in [6.07, 6.45) is -4.63. The molecule has 1 aliphatic heterocycles. The zero-order chi connectivity index (χ0) is 15.8. The molecule has 0 spiro atoms. The van der Waals surface area contributed by atoms with Gasteiger partial charge in [-0.25, -0.2) is 8.78 Å². The smallest absolute Gasteiger partial charge is 0.393 e. The van der Waals surface area contributed by atoms with Crippen LogP contribution in [0.25, 0.3) is 0 Å². The number of likely N-dealkylation sites (tertiary alicyclic amines) is 1. The summed E-state index contributed by atoms with van der Waals surface area (Å²) in [6.45, 7) is -1.03. The average molecular weight is 309 g/mol. The first-order chi connectivity index (χ1) is 9.68. The van der Waals surface area contributed by atoms with Crippen molar-refractivity contribution in [2.45, 2.75) is 12.7 Å². The molecule has 2 atom stereocenters. The van der Waals surface area contributed by atoms with Gasteiger partial charge >= 0.3 is 12.1 Å². The number of hydrogen-bond acceptors (Lipinski definition) is 2. The molecule has 0 aliphatic carbocycles. The molecule has 0 aromatic heterocycles. The fourth-order valence-electron chi connectivity index (χ4n) is 2.49. The minimum absolute atomic E-state index is 0.0309. The van der Waals surface area contributed by atoms with Crippen molar-refractivity contribution in [2.75, 3.05) is 13.1 Å². The fourth-order valence-corrected chi connectivity index (χ4v) is 2.49. The van der Waals surface area contributed by atoms with Gasteiger partial charge in [0.15, 0.2) is 0 Å². The van der Waals surface area contributed by atoms with Crippen molar-refractivity contribution in [2.24, 2.45) is 11.8 Å². The first-order valence-corrected chi connectivity index (χ1v) is 6.14. The Labute approximate surface area is 117 Å². The Morgan fingerprint density at radius 3 is 2.43 bits per heavy atom. The zero-order valence-corrected chi connectivity index (χ0v) is 10.7. The van der Waals surface area contributed by atoms with E-state index in [2.05, 4.69) is 0 Å². The van der Waals surface area contributed by atoms with Crippen molar-refractivity contribution in [1.82, 2.24) is 4.90 Å². The molecule has 0 unspecified atom stereocenters. The van der Waals surface area contributed by atoms with Gasteiger partial charge < -0.3 is 5.11 Å². The molecule has 2 rings (SSSR count). The van der Waals surface area contributed by atoms with E-state index in [-0.39, 0.29) is 18.7 Å². The molecule has 0 bridgehead atoms. The number of rotatable bonds is 3. The quantitative estimate of drug-likeness (QED) is 0.873. The molecule has 0 radical (unpaired) electrons. The Kier molecular flexibility index (Phi) is 4.18. The van der Waals surface area contributed by atoms with E-state index >= 15 is 0 Å². The first kappa shape index (κ1) is 15.7. The minimum Gasteiger partial charge on any atom is -0.481 e. The highest BCUT2D eigenvalue weighted by atomic mass is 19.4. The zero-order valence-electron chi connectivity index (χ0n) is 10.7. The third-order valence-electron chi connectivity index (χ3n) is 3.54. The van der Waals surface area contributed by atoms with Gasteiger partial charge in [-0.1, -0.05) is 6.07 Å². The summed E-state index contributed by atoms with van der Waals surface area (Å²) >= 11 is 0. The van der Waals surface area contributed by atoms with E-state index in [9.17, 15) is 26.7 Å². The molecule has 1 N–H and O–H groups in total. The van der Waals surface area contributed by atoms with Crippen LogP contribution in [0.5, 0.6) is 0 Å². The molecular weight excluding hydrogens is 297 g/mol. The van der Waals surface area contributed by atoms with Gasteiger partial charge in [-0.3, -0.25) is 9.69 Å². The number of benzene rings is 1. The van der Waals surface area contributed by atoms with Gasteiger partial charge in [-0.15, -0.1) is 0 Å². The van der Waals surface area contributed by atoms with Gasteiger partial charge in [0.25, 0.3) is 0 Å². The number of carboxylic acid groups (broad SMARTS) is 1. The van der Waals surface area contributed by atoms with E-state index in [1.54, 1.807) is 0 Å². The lowest BCUT2D eigenvalue weighted by molar-refractivity contribution is -0.188. The van der Waals surface area contributed by atoms with Gasteiger partial charge in [-0.2, -0.15) is 13.2 Å². The van der Waals surface area contributed by atoms with Crippen molar-refractivity contribution in [3.05, 3.63) is 35.4 Å². The Balaban J connectivity index is 2.14. The molecule has 1 saturated heterocycles. The predicted molar refractivity (Wildman–Crippen MR) is 62.3 cm³/mol. The molecule has 0 saturated carbocycles. The second-order valence-corrected chi connectivity index (χ2v) is 5.02. The second-order valence-electron chi connectivity index (χ2n) is 5.02. The van der Waals surface area contributed by atoms with Crippen LogP contribution in [0.2, 0.25) is 0 Å². The largest absolute Gasteiger partial charge is 0.481 e. The van der Waals surface area contributed by atoms with E-state index in [0.29, 0.717) is 6.07 Å². The van der Waals surface area contributed by atoms with Gasteiger partial charge in [-0.05, 0) is 6.07 Å². The lowest BCUT2D eigenvalue weighted by Crippen LogP contribution is -2.33. The minimum atomic E-state index is -4.63. The van der Waals surface area contributed by atoms with E-state index in [4.69, 9.17) is 5.11 Å². The topological polar surface area (TPSA) is 40.5 Å². The Morgan fingerprint density at radius 2 is 1.95 bits per heavy atom. The van der Waals surface area contributed by atoms with Crippen LogP contribution in [0.4, 0.5) is 22.0 Å². The number of hydrogen-bond donors (Lipinski definition) is 1. The third-order valence-corrected chi connectivity index (χ3v) is 3.54. The number of halogens is 5. The maximum Gasteiger partial charge on any atom is 0.393 e. The molecule has 21 heavy (non-hydrogen) atoms. The lowest BCUT2D eigenvalue weighted by Gasteiger charge is -2.18. The molecule has 1 fully saturated rings. The summed E-state index contributed by atoms with van der Waals surface area (Å²) in [5.41, 5.74) is 0.0309. The molecule has 1 aromatic carbocycles. The van der Waals surface area contributed by atoms with Crippen molar-refractivity contribution in [1.29, 1.82) is 0 Å². The summed E-state index contributed by atoms with van der Waals surface area (Å²) in [6, 6.07) is 2.78. The molecule has 1 aromatic rings. The standard InChI is InChI=1S/C13H12F5NO2/c14-8-2-1-7(11(15)3-8)4-19-5-9(12(20)21)10(6-19)13(16,17)18/h1-3,9-10H,4-6H2,(H,20,21)/t9-,10-/m1/s1. The molecule has 3 nitrogen and oxygen atoms in total. The van der Waals surface area contributed by atoms with Gasteiger partial charge in [0.1, 0.15) is 11.6 Å². The fraction of sp³-hybridized carbons (Fsp3) is 0.462. The van der Waals surface area contributed by atoms with Crippen LogP contribution in [0.1, 0.15) is 5.56 Å². The monoisotopic (exact) mass is 309 g/mol. The highest BCUT2D eigenvalue weighted by Crippen LogP contribution is 2.38. The number of aliphatic carboxylic acids is 1. The van der Waals surface area contributed by atoms with Crippen LogP contribution >= 0.6 is 0 Å². The van der Waals surface area contributed by atoms with E-state index in [0.717, 1.165) is 12.1 Å². The summed E-state index contributed by atoms with van der Waals surface area (Å²) < 4.78 is 64.7. The van der Waals surface area contributed by atoms with Crippen molar-refractivity contribution >= 4 is 5.97 Å². The van der Waals surface area contributed by atoms with E-state index in [1.165, 1.54) is 4.90 Å². The Bertz CT molecular complexity index is 546. The first-order valence-electron chi connectivity index (χ1n) is 6.14. The summed E-state index contributed by atoms with van der Waals surface area (Å²) in [5, 5.41) is 8.87. The van der Waals surface area contributed by atoms with Crippen molar-refractivity contribution in [3.8, 4) is 0 Å². The number of alkyl halides is 3. The maximum atomic E-state index is 13.5. The lowest BCUT2D eigenvalue weighted by atomic mass is 9.96.